The summed E-state index contributed by atoms with van der Waals surface area (Å²) in [6, 6.07) is 17.8. The molecule has 3 rings (SSSR count). The number of amides is 1. The molecule has 0 unspecified atom stereocenters. The molecule has 3 nitrogen and oxygen atoms in total. The van der Waals surface area contributed by atoms with Crippen LogP contribution in [0.2, 0.25) is 0 Å². The molecule has 0 fully saturated rings. The third-order valence-electron chi connectivity index (χ3n) is 3.39. The molecule has 0 bridgehead atoms. The van der Waals surface area contributed by atoms with Crippen molar-refractivity contribution in [1.82, 2.24) is 4.98 Å². The molecule has 3 aromatic rings. The average molecular weight is 388 g/mol. The lowest BCUT2D eigenvalue weighted by molar-refractivity contribution is 0.0995. The second kappa shape index (κ2) is 5.81. The molecular weight excluding hydrogens is 375 g/mol. The lowest BCUT2D eigenvalue weighted by Gasteiger charge is -2.09. The molecule has 0 atom stereocenters. The van der Waals surface area contributed by atoms with Crippen molar-refractivity contribution in [2.24, 2.45) is 5.73 Å². The van der Waals surface area contributed by atoms with E-state index in [1.54, 1.807) is 6.07 Å². The number of primary amides is 1. The third-order valence-corrected chi connectivity index (χ3v) is 4.44. The summed E-state index contributed by atoms with van der Waals surface area (Å²) >= 11 is 2.31. The maximum absolute atomic E-state index is 11.5. The van der Waals surface area contributed by atoms with Crippen LogP contribution in [0.4, 0.5) is 0 Å². The van der Waals surface area contributed by atoms with E-state index in [1.165, 1.54) is 9.13 Å². The summed E-state index contributed by atoms with van der Waals surface area (Å²) in [4.78, 5) is 15.9. The molecule has 1 aromatic heterocycles. The molecule has 21 heavy (non-hydrogen) atoms. The van der Waals surface area contributed by atoms with Gasteiger partial charge in [0.15, 0.2) is 0 Å². The normalized spacial score (nSPS) is 10.7. The zero-order valence-corrected chi connectivity index (χ0v) is 13.4. The van der Waals surface area contributed by atoms with Crippen molar-refractivity contribution in [3.63, 3.8) is 0 Å². The van der Waals surface area contributed by atoms with Gasteiger partial charge in [0.1, 0.15) is 5.69 Å². The quantitative estimate of drug-likeness (QED) is 0.698. The lowest BCUT2D eigenvalue weighted by Crippen LogP contribution is -2.14. The van der Waals surface area contributed by atoms with Gasteiger partial charge in [0.25, 0.3) is 5.91 Å². The summed E-state index contributed by atoms with van der Waals surface area (Å²) in [5, 5.41) is 2.05. The number of halogens is 1. The molecule has 2 aromatic carbocycles. The van der Waals surface area contributed by atoms with Gasteiger partial charge in [-0.1, -0.05) is 42.5 Å². The van der Waals surface area contributed by atoms with Gasteiger partial charge in [-0.25, -0.2) is 4.98 Å². The first kappa shape index (κ1) is 14.0. The first-order valence-corrected chi connectivity index (χ1v) is 7.65. The fourth-order valence-corrected chi connectivity index (χ4v) is 2.93. The Morgan fingerprint density at radius 2 is 1.81 bits per heavy atom. The molecule has 1 heterocycles. The number of hydrogen-bond acceptors (Lipinski definition) is 2. The fraction of sp³-hybridized carbons (Fsp3) is 0.0588. The van der Waals surface area contributed by atoms with Crippen molar-refractivity contribution in [2.75, 3.05) is 0 Å². The van der Waals surface area contributed by atoms with Crippen LogP contribution in [0, 0.1) is 3.57 Å². The van der Waals surface area contributed by atoms with Gasteiger partial charge in [0.05, 0.1) is 5.69 Å². The van der Waals surface area contributed by atoms with Crippen LogP contribution in [-0.2, 0) is 6.42 Å². The number of nitrogens with two attached hydrogens (primary N) is 1. The van der Waals surface area contributed by atoms with Gasteiger partial charge in [-0.2, -0.15) is 0 Å². The van der Waals surface area contributed by atoms with Gasteiger partial charge < -0.3 is 5.73 Å². The van der Waals surface area contributed by atoms with Crippen molar-refractivity contribution < 1.29 is 4.79 Å². The highest BCUT2D eigenvalue weighted by atomic mass is 127. The summed E-state index contributed by atoms with van der Waals surface area (Å²) in [6.07, 6.45) is 0.681. The molecule has 0 aliphatic rings. The molecule has 4 heteroatoms. The summed E-state index contributed by atoms with van der Waals surface area (Å²) in [7, 11) is 0. The summed E-state index contributed by atoms with van der Waals surface area (Å²) in [6.45, 7) is 0. The van der Waals surface area contributed by atoms with Gasteiger partial charge in [-0.3, -0.25) is 4.79 Å². The predicted molar refractivity (Wildman–Crippen MR) is 92.2 cm³/mol. The lowest BCUT2D eigenvalue weighted by atomic mass is 10.0. The Bertz CT molecular complexity index is 830. The molecule has 0 radical (unpaired) electrons. The van der Waals surface area contributed by atoms with Crippen molar-refractivity contribution >= 4 is 39.3 Å². The largest absolute Gasteiger partial charge is 0.364 e. The summed E-state index contributed by atoms with van der Waals surface area (Å²) < 4.78 is 1.19. The van der Waals surface area contributed by atoms with Crippen molar-refractivity contribution in [1.29, 1.82) is 0 Å². The van der Waals surface area contributed by atoms with E-state index in [0.29, 0.717) is 12.1 Å². The van der Waals surface area contributed by atoms with E-state index in [0.717, 1.165) is 16.5 Å². The summed E-state index contributed by atoms with van der Waals surface area (Å²) in [5.74, 6) is -0.496. The minimum atomic E-state index is -0.496. The van der Waals surface area contributed by atoms with E-state index in [2.05, 4.69) is 39.7 Å². The van der Waals surface area contributed by atoms with Gasteiger partial charge in [-0.15, -0.1) is 0 Å². The Kier molecular flexibility index (Phi) is 3.88. The van der Waals surface area contributed by atoms with E-state index in [1.807, 2.05) is 36.4 Å². The van der Waals surface area contributed by atoms with Crippen LogP contribution in [-0.4, -0.2) is 10.9 Å². The molecule has 0 aliphatic carbocycles. The third kappa shape index (κ3) is 2.90. The van der Waals surface area contributed by atoms with Crippen LogP contribution in [0.15, 0.2) is 54.6 Å². The molecule has 1 amide bonds. The molecule has 0 aliphatic heterocycles. The molecule has 0 saturated carbocycles. The van der Waals surface area contributed by atoms with Gasteiger partial charge in [0.2, 0.25) is 0 Å². The van der Waals surface area contributed by atoms with E-state index in [9.17, 15) is 4.79 Å². The Balaban J connectivity index is 2.16. The van der Waals surface area contributed by atoms with Crippen LogP contribution in [0.5, 0.6) is 0 Å². The second-order valence-electron chi connectivity index (χ2n) is 4.81. The predicted octanol–water partition coefficient (Wildman–Crippen LogP) is 3.53. The number of fused-ring (bicyclic) bond motifs is 1. The number of carbonyl (C=O) groups excluding carboxylic acids is 1. The van der Waals surface area contributed by atoms with Crippen LogP contribution in [0.3, 0.4) is 0 Å². The van der Waals surface area contributed by atoms with E-state index in [4.69, 9.17) is 5.73 Å². The average Bonchev–Trinajstić information content (AvgIpc) is 2.49. The molecule has 0 spiro atoms. The highest BCUT2D eigenvalue weighted by molar-refractivity contribution is 14.1. The van der Waals surface area contributed by atoms with Gasteiger partial charge >= 0.3 is 0 Å². The number of aromatic nitrogens is 1. The van der Waals surface area contributed by atoms with E-state index >= 15 is 0 Å². The van der Waals surface area contributed by atoms with E-state index < -0.39 is 5.91 Å². The number of hydrogen-bond donors (Lipinski definition) is 1. The van der Waals surface area contributed by atoms with Crippen molar-refractivity contribution in [3.8, 4) is 0 Å². The SMILES string of the molecule is NC(=O)c1cc2ccccc2c(Cc2ccccc2I)n1. The maximum Gasteiger partial charge on any atom is 0.267 e. The van der Waals surface area contributed by atoms with Gasteiger partial charge in [-0.05, 0) is 45.7 Å². The maximum atomic E-state index is 11.5. The summed E-state index contributed by atoms with van der Waals surface area (Å²) in [5.41, 5.74) is 7.78. The monoisotopic (exact) mass is 388 g/mol. The fourth-order valence-electron chi connectivity index (χ4n) is 2.35. The van der Waals surface area contributed by atoms with Gasteiger partial charge in [0, 0.05) is 15.4 Å². The number of rotatable bonds is 3. The highest BCUT2D eigenvalue weighted by Gasteiger charge is 2.11. The highest BCUT2D eigenvalue weighted by Crippen LogP contribution is 2.23. The van der Waals surface area contributed by atoms with Crippen molar-refractivity contribution in [3.05, 3.63) is 75.1 Å². The Morgan fingerprint density at radius 1 is 1.10 bits per heavy atom. The Hall–Kier alpha value is -1.95. The number of carbonyl (C=O) groups is 1. The molecular formula is C17H13IN2O. The van der Waals surface area contributed by atoms with E-state index in [-0.39, 0.29) is 0 Å². The minimum absolute atomic E-state index is 0.314. The number of pyridine rings is 1. The van der Waals surface area contributed by atoms with Crippen LogP contribution < -0.4 is 5.73 Å². The topological polar surface area (TPSA) is 56.0 Å². The smallest absolute Gasteiger partial charge is 0.267 e. The van der Waals surface area contributed by atoms with Crippen LogP contribution >= 0.6 is 22.6 Å². The Morgan fingerprint density at radius 3 is 2.57 bits per heavy atom. The van der Waals surface area contributed by atoms with Crippen LogP contribution in [0.1, 0.15) is 21.7 Å². The molecule has 104 valence electrons. The minimum Gasteiger partial charge on any atom is -0.364 e. The second-order valence-corrected chi connectivity index (χ2v) is 5.97. The molecule has 2 N–H and O–H groups in total. The first-order chi connectivity index (χ1) is 10.1. The number of nitrogens with zero attached hydrogens (tertiary/aromatic N) is 1. The first-order valence-electron chi connectivity index (χ1n) is 6.57. The zero-order chi connectivity index (χ0) is 14.8. The zero-order valence-electron chi connectivity index (χ0n) is 11.2. The standard InChI is InChI=1S/C17H13IN2O/c18-14-8-4-2-6-12(14)10-15-13-7-3-1-5-11(13)9-16(20-15)17(19)21/h1-9H,10H2,(H2,19,21). The molecule has 0 saturated heterocycles. The number of benzene rings is 2. The Labute approximate surface area is 136 Å². The van der Waals surface area contributed by atoms with Crippen molar-refractivity contribution in [2.45, 2.75) is 6.42 Å². The van der Waals surface area contributed by atoms with Crippen LogP contribution in [0.25, 0.3) is 10.8 Å².